The van der Waals surface area contributed by atoms with Crippen molar-refractivity contribution in [3.05, 3.63) is 35.4 Å². The van der Waals surface area contributed by atoms with Crippen LogP contribution in [0.3, 0.4) is 0 Å². The van der Waals surface area contributed by atoms with Crippen molar-refractivity contribution in [3.8, 4) is 0 Å². The predicted molar refractivity (Wildman–Crippen MR) is 98.2 cm³/mol. The van der Waals surface area contributed by atoms with Crippen molar-refractivity contribution in [3.63, 3.8) is 0 Å². The largest absolute Gasteiger partial charge is 0.469 e. The lowest BCUT2D eigenvalue weighted by Crippen LogP contribution is -2.35. The van der Waals surface area contributed by atoms with Crippen LogP contribution in [0, 0.1) is 5.41 Å². The molecule has 1 aliphatic heterocycles. The van der Waals surface area contributed by atoms with E-state index in [9.17, 15) is 9.59 Å². The third kappa shape index (κ3) is 5.94. The van der Waals surface area contributed by atoms with Crippen LogP contribution in [0.15, 0.2) is 24.3 Å². The molecule has 1 fully saturated rings. The summed E-state index contributed by atoms with van der Waals surface area (Å²) in [4.78, 5) is 24.9. The summed E-state index contributed by atoms with van der Waals surface area (Å²) < 4.78 is 4.62. The molecule has 0 spiro atoms. The van der Waals surface area contributed by atoms with Crippen LogP contribution in [-0.2, 0) is 16.0 Å². The maximum absolute atomic E-state index is 11.9. The molecule has 1 heterocycles. The first-order valence-electron chi connectivity index (χ1n) is 8.06. The van der Waals surface area contributed by atoms with E-state index >= 15 is 0 Å². The predicted octanol–water partition coefficient (Wildman–Crippen LogP) is 1.67. The number of benzene rings is 1. The number of amidine groups is 1. The summed E-state index contributed by atoms with van der Waals surface area (Å²) in [6, 6.07) is 7.65. The molecule has 0 bridgehead atoms. The summed E-state index contributed by atoms with van der Waals surface area (Å²) in [6.45, 7) is 1.18. The van der Waals surface area contributed by atoms with Gasteiger partial charge in [0.2, 0.25) is 0 Å². The SMILES string of the molecule is COC(=O)CCCN1C(=O)NCC1CCc1ccc(C(=N)N)cc1.Cl. The van der Waals surface area contributed by atoms with Crippen LogP contribution in [-0.4, -0.2) is 49.0 Å². The average molecular weight is 369 g/mol. The van der Waals surface area contributed by atoms with Crippen molar-refractivity contribution in [1.82, 2.24) is 10.2 Å². The summed E-state index contributed by atoms with van der Waals surface area (Å²) in [5, 5.41) is 10.3. The standard InChI is InChI=1S/C17H24N4O3.ClH/c1-24-15(22)3-2-10-21-14(11-20-17(21)23)9-6-12-4-7-13(8-5-12)16(18)19;/h4-5,7-8,14H,2-3,6,9-11H2,1H3,(H3,18,19)(H,20,23);1H. The van der Waals surface area contributed by atoms with Crippen LogP contribution in [0.2, 0.25) is 0 Å². The minimum absolute atomic E-state index is 0. The van der Waals surface area contributed by atoms with E-state index in [-0.39, 0.29) is 36.3 Å². The number of aryl methyl sites for hydroxylation is 1. The highest BCUT2D eigenvalue weighted by Gasteiger charge is 2.29. The normalized spacial score (nSPS) is 16.1. The highest BCUT2D eigenvalue weighted by Crippen LogP contribution is 2.16. The van der Waals surface area contributed by atoms with Crippen LogP contribution in [0.4, 0.5) is 4.79 Å². The monoisotopic (exact) mass is 368 g/mol. The van der Waals surface area contributed by atoms with Gasteiger partial charge in [-0.1, -0.05) is 24.3 Å². The number of ether oxygens (including phenoxy) is 1. The number of nitrogens with one attached hydrogen (secondary N) is 2. The van der Waals surface area contributed by atoms with Crippen LogP contribution >= 0.6 is 12.4 Å². The van der Waals surface area contributed by atoms with Gasteiger partial charge in [0, 0.05) is 25.1 Å². The van der Waals surface area contributed by atoms with Crippen molar-refractivity contribution < 1.29 is 14.3 Å². The van der Waals surface area contributed by atoms with Gasteiger partial charge in [0.25, 0.3) is 0 Å². The van der Waals surface area contributed by atoms with E-state index in [0.29, 0.717) is 31.5 Å². The van der Waals surface area contributed by atoms with E-state index in [2.05, 4.69) is 10.1 Å². The molecule has 1 unspecified atom stereocenters. The number of carbonyl (C=O) groups excluding carboxylic acids is 2. The molecule has 1 atom stereocenters. The zero-order valence-corrected chi connectivity index (χ0v) is 15.1. The van der Waals surface area contributed by atoms with Gasteiger partial charge in [-0.25, -0.2) is 4.79 Å². The Bertz CT molecular complexity index is 606. The van der Waals surface area contributed by atoms with Gasteiger partial charge in [0.05, 0.1) is 13.2 Å². The van der Waals surface area contributed by atoms with Gasteiger partial charge in [-0.3, -0.25) is 10.2 Å². The number of rotatable bonds is 8. The van der Waals surface area contributed by atoms with E-state index in [1.54, 1.807) is 4.90 Å². The Labute approximate surface area is 153 Å². The van der Waals surface area contributed by atoms with Crippen LogP contribution in [0.25, 0.3) is 0 Å². The molecule has 7 nitrogen and oxygen atoms in total. The number of halogens is 1. The van der Waals surface area contributed by atoms with Crippen LogP contribution < -0.4 is 11.1 Å². The Morgan fingerprint density at radius 1 is 1.40 bits per heavy atom. The van der Waals surface area contributed by atoms with Crippen LogP contribution in [0.5, 0.6) is 0 Å². The van der Waals surface area contributed by atoms with E-state index in [1.807, 2.05) is 24.3 Å². The van der Waals surface area contributed by atoms with Crippen molar-refractivity contribution in [2.24, 2.45) is 5.73 Å². The molecule has 1 aliphatic rings. The minimum atomic E-state index is -0.253. The molecule has 0 aliphatic carbocycles. The Kier molecular flexibility index (Phi) is 8.21. The number of amides is 2. The lowest BCUT2D eigenvalue weighted by atomic mass is 10.0. The summed E-state index contributed by atoms with van der Waals surface area (Å²) in [5.41, 5.74) is 7.30. The van der Waals surface area contributed by atoms with Gasteiger partial charge in [0.1, 0.15) is 5.84 Å². The lowest BCUT2D eigenvalue weighted by molar-refractivity contribution is -0.140. The van der Waals surface area contributed by atoms with Gasteiger partial charge in [0.15, 0.2) is 0 Å². The second kappa shape index (κ2) is 9.88. The molecule has 2 rings (SSSR count). The molecule has 8 heteroatoms. The van der Waals surface area contributed by atoms with Gasteiger partial charge in [-0.15, -0.1) is 12.4 Å². The number of esters is 1. The highest BCUT2D eigenvalue weighted by atomic mass is 35.5. The molecule has 2 amide bonds. The smallest absolute Gasteiger partial charge is 0.317 e. The lowest BCUT2D eigenvalue weighted by Gasteiger charge is -2.23. The molecule has 1 saturated heterocycles. The average Bonchev–Trinajstić information content (AvgIpc) is 2.93. The number of methoxy groups -OCH3 is 1. The van der Waals surface area contributed by atoms with Crippen molar-refractivity contribution in [2.75, 3.05) is 20.2 Å². The molecule has 25 heavy (non-hydrogen) atoms. The maximum atomic E-state index is 11.9. The zero-order chi connectivity index (χ0) is 17.5. The molecule has 0 aromatic heterocycles. The molecular weight excluding hydrogens is 344 g/mol. The first-order valence-corrected chi connectivity index (χ1v) is 8.06. The van der Waals surface area contributed by atoms with E-state index in [1.165, 1.54) is 7.11 Å². The second-order valence-corrected chi connectivity index (χ2v) is 5.86. The van der Waals surface area contributed by atoms with E-state index in [4.69, 9.17) is 11.1 Å². The van der Waals surface area contributed by atoms with E-state index < -0.39 is 0 Å². The zero-order valence-electron chi connectivity index (χ0n) is 14.3. The first-order chi connectivity index (χ1) is 11.5. The summed E-state index contributed by atoms with van der Waals surface area (Å²) in [7, 11) is 1.37. The molecule has 0 saturated carbocycles. The van der Waals surface area contributed by atoms with Crippen LogP contribution in [0.1, 0.15) is 30.4 Å². The molecule has 0 radical (unpaired) electrons. The summed E-state index contributed by atoms with van der Waals surface area (Å²) in [5.74, 6) is -0.194. The van der Waals surface area contributed by atoms with Gasteiger partial charge < -0.3 is 20.7 Å². The number of carbonyl (C=O) groups is 2. The molecular formula is C17H25ClN4O3. The molecule has 138 valence electrons. The Morgan fingerprint density at radius 3 is 2.68 bits per heavy atom. The minimum Gasteiger partial charge on any atom is -0.469 e. The number of hydrogen-bond donors (Lipinski definition) is 3. The number of nitrogens with two attached hydrogens (primary N) is 1. The Balaban J connectivity index is 0.00000312. The number of nitrogens with zero attached hydrogens (tertiary/aromatic N) is 1. The number of nitrogen functional groups attached to an aromatic ring is 1. The third-order valence-electron chi connectivity index (χ3n) is 4.23. The fourth-order valence-electron chi connectivity index (χ4n) is 2.80. The van der Waals surface area contributed by atoms with E-state index in [0.717, 1.165) is 18.4 Å². The Morgan fingerprint density at radius 2 is 2.08 bits per heavy atom. The first kappa shape index (κ1) is 20.8. The third-order valence-corrected chi connectivity index (χ3v) is 4.23. The molecule has 1 aromatic carbocycles. The second-order valence-electron chi connectivity index (χ2n) is 5.86. The molecule has 4 N–H and O–H groups in total. The quantitative estimate of drug-likeness (QED) is 0.368. The maximum Gasteiger partial charge on any atom is 0.317 e. The fourth-order valence-corrected chi connectivity index (χ4v) is 2.80. The topological polar surface area (TPSA) is 109 Å². The summed E-state index contributed by atoms with van der Waals surface area (Å²) in [6.07, 6.45) is 2.60. The van der Waals surface area contributed by atoms with Crippen molar-refractivity contribution >= 4 is 30.2 Å². The van der Waals surface area contributed by atoms with Crippen molar-refractivity contribution in [1.29, 1.82) is 5.41 Å². The number of hydrogen-bond acceptors (Lipinski definition) is 4. The highest BCUT2D eigenvalue weighted by molar-refractivity contribution is 5.94. The molecule has 1 aromatic rings. The summed E-state index contributed by atoms with van der Waals surface area (Å²) >= 11 is 0. The number of urea groups is 1. The van der Waals surface area contributed by atoms with Gasteiger partial charge >= 0.3 is 12.0 Å². The Hall–Kier alpha value is -2.28. The van der Waals surface area contributed by atoms with Gasteiger partial charge in [-0.05, 0) is 24.8 Å². The fraction of sp³-hybridized carbons (Fsp3) is 0.471. The van der Waals surface area contributed by atoms with Gasteiger partial charge in [-0.2, -0.15) is 0 Å². The van der Waals surface area contributed by atoms with Crippen molar-refractivity contribution in [2.45, 2.75) is 31.7 Å².